The van der Waals surface area contributed by atoms with Gasteiger partial charge in [-0.3, -0.25) is 0 Å². The summed E-state index contributed by atoms with van der Waals surface area (Å²) in [5.74, 6) is 0. The molecule has 0 aliphatic rings. The molecule has 0 aromatic heterocycles. The molecular formula is C15H22Cl2N2. The van der Waals surface area contributed by atoms with Crippen molar-refractivity contribution >= 4 is 35.6 Å². The van der Waals surface area contributed by atoms with Crippen molar-refractivity contribution < 1.29 is 0 Å². The zero-order valence-electron chi connectivity index (χ0n) is 11.4. The summed E-state index contributed by atoms with van der Waals surface area (Å²) in [5, 5.41) is 6.16. The van der Waals surface area contributed by atoms with Crippen molar-refractivity contribution in [1.82, 2.24) is 10.2 Å². The van der Waals surface area contributed by atoms with Crippen molar-refractivity contribution in [3.05, 3.63) is 48.0 Å². The van der Waals surface area contributed by atoms with Gasteiger partial charge in [0.25, 0.3) is 0 Å². The standard InChI is InChI=1S/C15H20N2.2ClH/c1-17(2)11-10-16-12-14-8-5-7-13-6-3-4-9-15(13)14;;/h3-9,16H,10-12H2,1-2H3;2*1H. The molecule has 0 atom stereocenters. The van der Waals surface area contributed by atoms with Gasteiger partial charge in [-0.25, -0.2) is 0 Å². The van der Waals surface area contributed by atoms with Gasteiger partial charge in [0.05, 0.1) is 0 Å². The number of nitrogens with one attached hydrogen (secondary N) is 1. The fraction of sp³-hybridized carbons (Fsp3) is 0.333. The van der Waals surface area contributed by atoms with Crippen LogP contribution in [0.1, 0.15) is 5.56 Å². The maximum atomic E-state index is 3.48. The molecule has 1 N–H and O–H groups in total. The van der Waals surface area contributed by atoms with Crippen molar-refractivity contribution in [2.45, 2.75) is 6.54 Å². The number of rotatable bonds is 5. The number of likely N-dealkylation sites (N-methyl/N-ethyl adjacent to an activating group) is 1. The van der Waals surface area contributed by atoms with E-state index < -0.39 is 0 Å². The molecule has 0 radical (unpaired) electrons. The molecule has 0 spiro atoms. The minimum absolute atomic E-state index is 0. The van der Waals surface area contributed by atoms with Gasteiger partial charge in [0.15, 0.2) is 0 Å². The second-order valence-corrected chi connectivity index (χ2v) is 4.62. The van der Waals surface area contributed by atoms with E-state index in [0.717, 1.165) is 19.6 Å². The van der Waals surface area contributed by atoms with Crippen LogP contribution in [0.4, 0.5) is 0 Å². The van der Waals surface area contributed by atoms with Crippen molar-refractivity contribution in [1.29, 1.82) is 0 Å². The highest BCUT2D eigenvalue weighted by molar-refractivity contribution is 5.86. The Morgan fingerprint density at radius 2 is 1.63 bits per heavy atom. The summed E-state index contributed by atoms with van der Waals surface area (Å²) < 4.78 is 0. The number of nitrogens with zero attached hydrogens (tertiary/aromatic N) is 1. The second-order valence-electron chi connectivity index (χ2n) is 4.62. The first kappa shape index (κ1) is 18.2. The van der Waals surface area contributed by atoms with Crippen LogP contribution < -0.4 is 5.32 Å². The third-order valence-corrected chi connectivity index (χ3v) is 2.93. The van der Waals surface area contributed by atoms with Crippen LogP contribution in [0, 0.1) is 0 Å². The van der Waals surface area contributed by atoms with E-state index in [0.29, 0.717) is 0 Å². The third kappa shape index (κ3) is 5.37. The highest BCUT2D eigenvalue weighted by Crippen LogP contribution is 2.17. The summed E-state index contributed by atoms with van der Waals surface area (Å²) >= 11 is 0. The minimum Gasteiger partial charge on any atom is -0.311 e. The summed E-state index contributed by atoms with van der Waals surface area (Å²) in [5.41, 5.74) is 1.38. The van der Waals surface area contributed by atoms with Crippen LogP contribution in [0.5, 0.6) is 0 Å². The Bertz CT molecular complexity index is 481. The van der Waals surface area contributed by atoms with Crippen LogP contribution in [-0.2, 0) is 6.54 Å². The first-order valence-corrected chi connectivity index (χ1v) is 6.09. The molecule has 2 aromatic carbocycles. The van der Waals surface area contributed by atoms with Crippen LogP contribution in [0.15, 0.2) is 42.5 Å². The van der Waals surface area contributed by atoms with Gasteiger partial charge in [-0.1, -0.05) is 42.5 Å². The molecule has 0 saturated carbocycles. The minimum atomic E-state index is 0. The van der Waals surface area contributed by atoms with E-state index in [1.54, 1.807) is 0 Å². The summed E-state index contributed by atoms with van der Waals surface area (Å²) in [6, 6.07) is 15.0. The van der Waals surface area contributed by atoms with E-state index in [-0.39, 0.29) is 24.8 Å². The van der Waals surface area contributed by atoms with Gasteiger partial charge < -0.3 is 10.2 Å². The van der Waals surface area contributed by atoms with Crippen LogP contribution in [0.25, 0.3) is 10.8 Å². The molecule has 2 nitrogen and oxygen atoms in total. The maximum Gasteiger partial charge on any atom is 0.0212 e. The first-order valence-electron chi connectivity index (χ1n) is 6.09. The normalized spacial score (nSPS) is 10.1. The fourth-order valence-corrected chi connectivity index (χ4v) is 1.97. The zero-order valence-corrected chi connectivity index (χ0v) is 13.1. The van der Waals surface area contributed by atoms with E-state index in [1.165, 1.54) is 16.3 Å². The lowest BCUT2D eigenvalue weighted by molar-refractivity contribution is 0.400. The fourth-order valence-electron chi connectivity index (χ4n) is 1.97. The van der Waals surface area contributed by atoms with Crippen LogP contribution in [0.2, 0.25) is 0 Å². The van der Waals surface area contributed by atoms with Gasteiger partial charge in [0.1, 0.15) is 0 Å². The van der Waals surface area contributed by atoms with Gasteiger partial charge in [-0.05, 0) is 30.4 Å². The van der Waals surface area contributed by atoms with Gasteiger partial charge >= 0.3 is 0 Å². The molecule has 0 aliphatic carbocycles. The molecule has 0 heterocycles. The lowest BCUT2D eigenvalue weighted by Gasteiger charge is -2.11. The lowest BCUT2D eigenvalue weighted by Crippen LogP contribution is -2.26. The molecule has 0 aliphatic heterocycles. The molecule has 0 bridgehead atoms. The molecule has 0 amide bonds. The number of fused-ring (bicyclic) bond motifs is 1. The summed E-state index contributed by atoms with van der Waals surface area (Å²) in [7, 11) is 4.19. The van der Waals surface area contributed by atoms with E-state index in [9.17, 15) is 0 Å². The van der Waals surface area contributed by atoms with Crippen LogP contribution in [0.3, 0.4) is 0 Å². The molecule has 0 saturated heterocycles. The van der Waals surface area contributed by atoms with Crippen LogP contribution in [-0.4, -0.2) is 32.1 Å². The summed E-state index contributed by atoms with van der Waals surface area (Å²) in [6.07, 6.45) is 0. The topological polar surface area (TPSA) is 15.3 Å². The van der Waals surface area contributed by atoms with E-state index in [2.05, 4.69) is 66.8 Å². The zero-order chi connectivity index (χ0) is 12.1. The Hall–Kier alpha value is -0.800. The Morgan fingerprint density at radius 1 is 0.947 bits per heavy atom. The van der Waals surface area contributed by atoms with E-state index >= 15 is 0 Å². The third-order valence-electron chi connectivity index (χ3n) is 2.93. The Balaban J connectivity index is 0.00000162. The molecule has 4 heteroatoms. The van der Waals surface area contributed by atoms with Crippen molar-refractivity contribution in [3.8, 4) is 0 Å². The molecule has 2 aromatic rings. The number of hydrogen-bond acceptors (Lipinski definition) is 2. The van der Waals surface area contributed by atoms with Crippen LogP contribution >= 0.6 is 24.8 Å². The quantitative estimate of drug-likeness (QED) is 0.852. The lowest BCUT2D eigenvalue weighted by atomic mass is 10.0. The van der Waals surface area contributed by atoms with Gasteiger partial charge in [0, 0.05) is 19.6 Å². The molecular weight excluding hydrogens is 279 g/mol. The Morgan fingerprint density at radius 3 is 2.37 bits per heavy atom. The highest BCUT2D eigenvalue weighted by Gasteiger charge is 1.99. The van der Waals surface area contributed by atoms with E-state index in [1.807, 2.05) is 0 Å². The van der Waals surface area contributed by atoms with Crippen molar-refractivity contribution in [3.63, 3.8) is 0 Å². The molecule has 19 heavy (non-hydrogen) atoms. The predicted octanol–water partition coefficient (Wildman–Crippen LogP) is 3.33. The maximum absolute atomic E-state index is 3.48. The average Bonchev–Trinajstić information content (AvgIpc) is 2.34. The second kappa shape index (κ2) is 9.16. The Labute approximate surface area is 128 Å². The largest absolute Gasteiger partial charge is 0.311 e. The monoisotopic (exact) mass is 300 g/mol. The molecule has 106 valence electrons. The average molecular weight is 301 g/mol. The van der Waals surface area contributed by atoms with Crippen molar-refractivity contribution in [2.24, 2.45) is 0 Å². The Kier molecular flexibility index (Phi) is 8.77. The summed E-state index contributed by atoms with van der Waals surface area (Å²) in [4.78, 5) is 2.19. The SMILES string of the molecule is CN(C)CCNCc1cccc2ccccc12.Cl.Cl. The first-order chi connectivity index (χ1) is 8.27. The summed E-state index contributed by atoms with van der Waals surface area (Å²) in [6.45, 7) is 3.04. The number of halogens is 2. The molecule has 0 unspecified atom stereocenters. The highest BCUT2D eigenvalue weighted by atomic mass is 35.5. The smallest absolute Gasteiger partial charge is 0.0212 e. The van der Waals surface area contributed by atoms with Gasteiger partial charge in [-0.15, -0.1) is 24.8 Å². The molecule has 2 rings (SSSR count). The number of benzene rings is 2. The predicted molar refractivity (Wildman–Crippen MR) is 88.7 cm³/mol. The van der Waals surface area contributed by atoms with Gasteiger partial charge in [0.2, 0.25) is 0 Å². The molecule has 0 fully saturated rings. The number of hydrogen-bond donors (Lipinski definition) is 1. The van der Waals surface area contributed by atoms with Crippen molar-refractivity contribution in [2.75, 3.05) is 27.2 Å². The van der Waals surface area contributed by atoms with E-state index in [4.69, 9.17) is 0 Å². The van der Waals surface area contributed by atoms with Gasteiger partial charge in [-0.2, -0.15) is 0 Å².